The molecule has 86 valence electrons. The lowest BCUT2D eigenvalue weighted by Gasteiger charge is -2.20. The van der Waals surface area contributed by atoms with Gasteiger partial charge in [0.25, 0.3) is 0 Å². The minimum atomic E-state index is 0.141. The molecule has 0 aliphatic rings. The zero-order valence-corrected chi connectivity index (χ0v) is 11.0. The van der Waals surface area contributed by atoms with E-state index in [0.29, 0.717) is 6.61 Å². The maximum atomic E-state index is 5.13. The lowest BCUT2D eigenvalue weighted by atomic mass is 10.1. The molecule has 0 radical (unpaired) electrons. The van der Waals surface area contributed by atoms with Crippen molar-refractivity contribution in [1.82, 2.24) is 10.3 Å². The summed E-state index contributed by atoms with van der Waals surface area (Å²) >= 11 is 1.74. The van der Waals surface area contributed by atoms with Crippen molar-refractivity contribution < 1.29 is 4.74 Å². The summed E-state index contributed by atoms with van der Waals surface area (Å²) in [5.41, 5.74) is 1.21. The largest absolute Gasteiger partial charge is 0.378 e. The van der Waals surface area contributed by atoms with Gasteiger partial charge in [-0.15, -0.1) is 11.3 Å². The molecule has 4 heteroatoms. The fourth-order valence-corrected chi connectivity index (χ4v) is 2.12. The number of rotatable bonds is 4. The Labute approximate surface area is 95.9 Å². The molecule has 0 atom stereocenters. The van der Waals surface area contributed by atoms with Crippen LogP contribution in [0.4, 0.5) is 0 Å². The van der Waals surface area contributed by atoms with Crippen LogP contribution < -0.4 is 5.32 Å². The molecule has 1 aromatic rings. The van der Waals surface area contributed by atoms with Gasteiger partial charge < -0.3 is 10.1 Å². The number of hydrogen-bond donors (Lipinski definition) is 1. The number of nitrogens with one attached hydrogen (secondary N) is 1. The second-order valence-corrected chi connectivity index (χ2v) is 5.93. The minimum absolute atomic E-state index is 0.141. The number of nitrogens with zero attached hydrogens (tertiary/aromatic N) is 1. The Bertz CT molecular complexity index is 315. The summed E-state index contributed by atoms with van der Waals surface area (Å²) in [7, 11) is 1.70. The highest BCUT2D eigenvalue weighted by Gasteiger charge is 2.13. The minimum Gasteiger partial charge on any atom is -0.378 e. The highest BCUT2D eigenvalue weighted by molar-refractivity contribution is 7.11. The van der Waals surface area contributed by atoms with E-state index in [1.165, 1.54) is 4.88 Å². The predicted octanol–water partition coefficient (Wildman–Crippen LogP) is 2.49. The number of ether oxygens (including phenoxy) is 1. The Morgan fingerprint density at radius 2 is 2.07 bits per heavy atom. The third kappa shape index (κ3) is 4.28. The van der Waals surface area contributed by atoms with Gasteiger partial charge in [0.05, 0.1) is 17.3 Å². The molecule has 0 fully saturated rings. The summed E-state index contributed by atoms with van der Waals surface area (Å²) in [5, 5.41) is 4.57. The summed E-state index contributed by atoms with van der Waals surface area (Å²) in [6.45, 7) is 9.99. The van der Waals surface area contributed by atoms with Crippen LogP contribution in [0.3, 0.4) is 0 Å². The van der Waals surface area contributed by atoms with Gasteiger partial charge in [0.15, 0.2) is 0 Å². The van der Waals surface area contributed by atoms with Crippen LogP contribution in [-0.2, 0) is 17.9 Å². The topological polar surface area (TPSA) is 34.1 Å². The molecule has 1 rings (SSSR count). The first-order valence-electron chi connectivity index (χ1n) is 5.11. The lowest BCUT2D eigenvalue weighted by Crippen LogP contribution is -2.35. The zero-order valence-electron chi connectivity index (χ0n) is 10.2. The molecule has 1 heterocycles. The van der Waals surface area contributed by atoms with Crippen molar-refractivity contribution in [2.24, 2.45) is 0 Å². The summed E-state index contributed by atoms with van der Waals surface area (Å²) in [4.78, 5) is 5.74. The molecule has 0 aliphatic carbocycles. The molecule has 0 aliphatic heterocycles. The molecule has 3 nitrogen and oxygen atoms in total. The number of aromatic nitrogens is 1. The van der Waals surface area contributed by atoms with Crippen molar-refractivity contribution in [3.8, 4) is 0 Å². The fourth-order valence-electron chi connectivity index (χ4n) is 1.25. The van der Waals surface area contributed by atoms with Crippen molar-refractivity contribution in [2.45, 2.75) is 46.4 Å². The van der Waals surface area contributed by atoms with Crippen molar-refractivity contribution in [1.29, 1.82) is 0 Å². The first-order valence-corrected chi connectivity index (χ1v) is 5.93. The molecule has 1 aromatic heterocycles. The normalized spacial score (nSPS) is 12.1. The highest BCUT2D eigenvalue weighted by atomic mass is 32.1. The van der Waals surface area contributed by atoms with E-state index in [1.807, 2.05) is 6.92 Å². The van der Waals surface area contributed by atoms with E-state index in [1.54, 1.807) is 18.4 Å². The monoisotopic (exact) mass is 228 g/mol. The Hall–Kier alpha value is -0.450. The van der Waals surface area contributed by atoms with Gasteiger partial charge >= 0.3 is 0 Å². The average Bonchev–Trinajstić information content (AvgIpc) is 2.42. The van der Waals surface area contributed by atoms with E-state index in [-0.39, 0.29) is 5.54 Å². The molecule has 1 N–H and O–H groups in total. The molecule has 0 saturated heterocycles. The molecular formula is C11H20N2OS. The summed E-state index contributed by atoms with van der Waals surface area (Å²) < 4.78 is 5.13. The van der Waals surface area contributed by atoms with E-state index in [0.717, 1.165) is 17.2 Å². The number of thiazole rings is 1. The molecular weight excluding hydrogens is 208 g/mol. The first-order chi connectivity index (χ1) is 6.92. The third-order valence-corrected chi connectivity index (χ3v) is 2.96. The molecule has 0 saturated carbocycles. The second-order valence-electron chi connectivity index (χ2n) is 4.64. The molecule has 0 unspecified atom stereocenters. The van der Waals surface area contributed by atoms with Crippen LogP contribution >= 0.6 is 11.3 Å². The van der Waals surface area contributed by atoms with Gasteiger partial charge in [-0.25, -0.2) is 4.98 Å². The molecule has 0 bridgehead atoms. The smallest absolute Gasteiger partial charge is 0.0901 e. The van der Waals surface area contributed by atoms with Gasteiger partial charge in [0.1, 0.15) is 0 Å². The maximum Gasteiger partial charge on any atom is 0.0901 e. The number of aryl methyl sites for hydroxylation is 1. The van der Waals surface area contributed by atoms with Crippen LogP contribution in [-0.4, -0.2) is 17.6 Å². The van der Waals surface area contributed by atoms with Crippen LogP contribution in [0.2, 0.25) is 0 Å². The molecule has 0 aromatic carbocycles. The number of hydrogen-bond acceptors (Lipinski definition) is 4. The van der Waals surface area contributed by atoms with Crippen LogP contribution in [0.15, 0.2) is 0 Å². The van der Waals surface area contributed by atoms with Gasteiger partial charge in [-0.05, 0) is 27.7 Å². The van der Waals surface area contributed by atoms with Gasteiger partial charge in [-0.3, -0.25) is 0 Å². The van der Waals surface area contributed by atoms with Crippen LogP contribution in [0.25, 0.3) is 0 Å². The summed E-state index contributed by atoms with van der Waals surface area (Å²) in [5.74, 6) is 0. The van der Waals surface area contributed by atoms with Crippen LogP contribution in [0, 0.1) is 6.92 Å². The summed E-state index contributed by atoms with van der Waals surface area (Å²) in [6.07, 6.45) is 0. The maximum absolute atomic E-state index is 5.13. The Balaban J connectivity index is 2.67. The third-order valence-electron chi connectivity index (χ3n) is 1.95. The van der Waals surface area contributed by atoms with E-state index in [9.17, 15) is 0 Å². The van der Waals surface area contributed by atoms with Crippen LogP contribution in [0.1, 0.15) is 36.3 Å². The Kier molecular flexibility index (Phi) is 4.25. The van der Waals surface area contributed by atoms with E-state index >= 15 is 0 Å². The first kappa shape index (κ1) is 12.6. The van der Waals surface area contributed by atoms with Crippen molar-refractivity contribution in [3.63, 3.8) is 0 Å². The predicted molar refractivity (Wildman–Crippen MR) is 64.2 cm³/mol. The zero-order chi connectivity index (χ0) is 11.5. The van der Waals surface area contributed by atoms with E-state index in [2.05, 4.69) is 31.1 Å². The Morgan fingerprint density at radius 1 is 1.40 bits per heavy atom. The Morgan fingerprint density at radius 3 is 2.60 bits per heavy atom. The lowest BCUT2D eigenvalue weighted by molar-refractivity contribution is 0.181. The van der Waals surface area contributed by atoms with Crippen LogP contribution in [0.5, 0.6) is 0 Å². The van der Waals surface area contributed by atoms with Crippen molar-refractivity contribution in [2.75, 3.05) is 7.11 Å². The van der Waals surface area contributed by atoms with E-state index in [4.69, 9.17) is 4.74 Å². The highest BCUT2D eigenvalue weighted by Crippen LogP contribution is 2.19. The van der Waals surface area contributed by atoms with Gasteiger partial charge in [0.2, 0.25) is 0 Å². The van der Waals surface area contributed by atoms with Crippen molar-refractivity contribution >= 4 is 11.3 Å². The number of methoxy groups -OCH3 is 1. The molecule has 0 spiro atoms. The second kappa shape index (κ2) is 5.05. The molecule has 0 amide bonds. The SMILES string of the molecule is COCc1nc(C)sc1CNC(C)(C)C. The fraction of sp³-hybridized carbons (Fsp3) is 0.727. The van der Waals surface area contributed by atoms with E-state index < -0.39 is 0 Å². The average molecular weight is 228 g/mol. The quantitative estimate of drug-likeness (QED) is 0.859. The summed E-state index contributed by atoms with van der Waals surface area (Å²) in [6, 6.07) is 0. The van der Waals surface area contributed by atoms with Gasteiger partial charge in [-0.2, -0.15) is 0 Å². The van der Waals surface area contributed by atoms with Gasteiger partial charge in [-0.1, -0.05) is 0 Å². The standard InChI is InChI=1S/C11H20N2OS/c1-8-13-9(7-14-5)10(15-8)6-12-11(2,3)4/h12H,6-7H2,1-5H3. The van der Waals surface area contributed by atoms with Crippen molar-refractivity contribution in [3.05, 3.63) is 15.6 Å². The molecule has 15 heavy (non-hydrogen) atoms. The van der Waals surface area contributed by atoms with Gasteiger partial charge in [0, 0.05) is 24.1 Å².